The van der Waals surface area contributed by atoms with Gasteiger partial charge in [-0.05, 0) is 61.7 Å². The fourth-order valence-electron chi connectivity index (χ4n) is 4.05. The molecule has 2 aromatic carbocycles. The number of hydrogen-bond donors (Lipinski definition) is 3. The highest BCUT2D eigenvalue weighted by molar-refractivity contribution is 7.92. The third-order valence-electron chi connectivity index (χ3n) is 6.38. The highest BCUT2D eigenvalue weighted by Gasteiger charge is 2.51. The molecule has 1 aliphatic heterocycles. The van der Waals surface area contributed by atoms with E-state index in [1.165, 1.54) is 12.1 Å². The molecule has 0 atom stereocenters. The lowest BCUT2D eigenvalue weighted by atomic mass is 9.95. The molecule has 0 spiro atoms. The fraction of sp³-hybridized carbons (Fsp3) is 0.462. The summed E-state index contributed by atoms with van der Waals surface area (Å²) in [7, 11) is -3.72. The molecule has 1 aliphatic carbocycles. The molecule has 0 aromatic heterocycles. The Kier molecular flexibility index (Phi) is 10.4. The number of carboxylic acids is 1. The monoisotopic (exact) mass is 587 g/mol. The molecule has 0 bridgehead atoms. The van der Waals surface area contributed by atoms with Crippen LogP contribution in [0.15, 0.2) is 53.4 Å². The first-order chi connectivity index (χ1) is 18.9. The zero-order chi connectivity index (χ0) is 29.4. The number of benzene rings is 2. The van der Waals surface area contributed by atoms with Crippen LogP contribution in [0.2, 0.25) is 0 Å². The number of sulfonamides is 1. The molecule has 0 radical (unpaired) electrons. The lowest BCUT2D eigenvalue weighted by Crippen LogP contribution is -2.43. The van der Waals surface area contributed by atoms with Crippen LogP contribution in [0.3, 0.4) is 0 Å². The van der Waals surface area contributed by atoms with Gasteiger partial charge in [-0.2, -0.15) is 13.2 Å². The normalized spacial score (nSPS) is 16.7. The molecule has 10 nitrogen and oxygen atoms in total. The standard InChI is InChI=1S/C24H31N3O5S.C2HF3O2/c1-2-32-21-7-9-22(10-8-21)33(29,30)26-20-5-3-19(4-6-20)24(11-12-24)23(28)25-13-14-27-15-17-31-18-16-27;3-2(4,5)1(6)7/h3-10,26H,2,11-18H2,1H3,(H,25,28);(H,6,7). The number of aliphatic carboxylic acids is 1. The van der Waals surface area contributed by atoms with E-state index >= 15 is 0 Å². The van der Waals surface area contributed by atoms with Gasteiger partial charge in [-0.25, -0.2) is 13.2 Å². The molecule has 1 heterocycles. The minimum absolute atomic E-state index is 0.0403. The van der Waals surface area contributed by atoms with Crippen LogP contribution in [-0.2, 0) is 29.8 Å². The molecule has 1 amide bonds. The highest BCUT2D eigenvalue weighted by atomic mass is 32.2. The maximum Gasteiger partial charge on any atom is 0.490 e. The maximum atomic E-state index is 12.9. The number of morpholine rings is 1. The Balaban J connectivity index is 0.000000559. The molecule has 1 saturated heterocycles. The first-order valence-electron chi connectivity index (χ1n) is 12.6. The molecular formula is C26H32F3N3O7S. The lowest BCUT2D eigenvalue weighted by molar-refractivity contribution is -0.192. The summed E-state index contributed by atoms with van der Waals surface area (Å²) in [6, 6.07) is 13.4. The van der Waals surface area contributed by atoms with Gasteiger partial charge in [-0.15, -0.1) is 0 Å². The Morgan fingerprint density at radius 3 is 2.12 bits per heavy atom. The fourth-order valence-corrected chi connectivity index (χ4v) is 5.11. The van der Waals surface area contributed by atoms with E-state index in [-0.39, 0.29) is 10.8 Å². The van der Waals surface area contributed by atoms with E-state index in [0.29, 0.717) is 24.6 Å². The lowest BCUT2D eigenvalue weighted by Gasteiger charge is -2.27. The van der Waals surface area contributed by atoms with E-state index < -0.39 is 27.6 Å². The van der Waals surface area contributed by atoms with Crippen molar-refractivity contribution in [3.05, 3.63) is 54.1 Å². The second-order valence-corrected chi connectivity index (χ2v) is 10.9. The number of halogens is 3. The molecule has 220 valence electrons. The van der Waals surface area contributed by atoms with E-state index in [1.807, 2.05) is 19.1 Å². The van der Waals surface area contributed by atoms with Crippen molar-refractivity contribution in [2.45, 2.75) is 36.3 Å². The number of amides is 1. The highest BCUT2D eigenvalue weighted by Crippen LogP contribution is 2.48. The quantitative estimate of drug-likeness (QED) is 0.386. The van der Waals surface area contributed by atoms with Crippen LogP contribution in [0, 0.1) is 0 Å². The van der Waals surface area contributed by atoms with E-state index in [0.717, 1.165) is 51.3 Å². The van der Waals surface area contributed by atoms with Crippen molar-refractivity contribution in [3.8, 4) is 5.75 Å². The molecular weight excluding hydrogens is 555 g/mol. The van der Waals surface area contributed by atoms with Gasteiger partial charge in [0.1, 0.15) is 5.75 Å². The van der Waals surface area contributed by atoms with E-state index in [4.69, 9.17) is 19.4 Å². The number of carbonyl (C=O) groups is 2. The van der Waals surface area contributed by atoms with E-state index in [9.17, 15) is 26.4 Å². The van der Waals surface area contributed by atoms with Crippen molar-refractivity contribution >= 4 is 27.6 Å². The van der Waals surface area contributed by atoms with Crippen LogP contribution < -0.4 is 14.8 Å². The maximum absolute atomic E-state index is 12.9. The van der Waals surface area contributed by atoms with Crippen LogP contribution >= 0.6 is 0 Å². The van der Waals surface area contributed by atoms with Gasteiger partial charge in [-0.3, -0.25) is 14.4 Å². The van der Waals surface area contributed by atoms with Gasteiger partial charge in [0.15, 0.2) is 0 Å². The summed E-state index contributed by atoms with van der Waals surface area (Å²) in [6.45, 7) is 7.10. The molecule has 2 aromatic rings. The minimum atomic E-state index is -5.08. The summed E-state index contributed by atoms with van der Waals surface area (Å²) in [5.74, 6) is -2.09. The number of rotatable bonds is 10. The Morgan fingerprint density at radius 2 is 1.62 bits per heavy atom. The zero-order valence-electron chi connectivity index (χ0n) is 21.9. The third-order valence-corrected chi connectivity index (χ3v) is 7.78. The number of nitrogens with one attached hydrogen (secondary N) is 2. The second kappa shape index (κ2) is 13.3. The number of nitrogens with zero attached hydrogens (tertiary/aromatic N) is 1. The van der Waals surface area contributed by atoms with E-state index in [2.05, 4.69) is 14.9 Å². The van der Waals surface area contributed by atoms with Crippen LogP contribution in [0.1, 0.15) is 25.3 Å². The van der Waals surface area contributed by atoms with Crippen molar-refractivity contribution in [2.24, 2.45) is 0 Å². The topological polar surface area (TPSA) is 134 Å². The molecule has 14 heteroatoms. The van der Waals surface area contributed by atoms with Crippen molar-refractivity contribution < 1.29 is 45.8 Å². The summed E-state index contributed by atoms with van der Waals surface area (Å²) < 4.78 is 70.4. The third kappa shape index (κ3) is 8.57. The van der Waals surface area contributed by atoms with Crippen LogP contribution in [0.4, 0.5) is 18.9 Å². The number of carbonyl (C=O) groups excluding carboxylic acids is 1. The van der Waals surface area contributed by atoms with Gasteiger partial charge >= 0.3 is 12.1 Å². The predicted octanol–water partition coefficient (Wildman–Crippen LogP) is 3.00. The molecule has 40 heavy (non-hydrogen) atoms. The van der Waals surface area contributed by atoms with E-state index in [1.54, 1.807) is 24.3 Å². The number of anilines is 1. The summed E-state index contributed by atoms with van der Waals surface area (Å²) in [5, 5.41) is 10.2. The first-order valence-corrected chi connectivity index (χ1v) is 14.1. The predicted molar refractivity (Wildman–Crippen MR) is 140 cm³/mol. The van der Waals surface area contributed by atoms with Gasteiger partial charge < -0.3 is 19.9 Å². The molecule has 2 aliphatic rings. The smallest absolute Gasteiger partial charge is 0.490 e. The van der Waals surface area contributed by atoms with Crippen molar-refractivity contribution in [2.75, 3.05) is 50.7 Å². The Labute approximate surface area is 230 Å². The van der Waals surface area contributed by atoms with Gasteiger partial charge in [-0.1, -0.05) is 12.1 Å². The summed E-state index contributed by atoms with van der Waals surface area (Å²) in [5.41, 5.74) is 0.865. The Morgan fingerprint density at radius 1 is 1.05 bits per heavy atom. The largest absolute Gasteiger partial charge is 0.494 e. The van der Waals surface area contributed by atoms with Gasteiger partial charge in [0, 0.05) is 31.9 Å². The zero-order valence-corrected chi connectivity index (χ0v) is 22.7. The first kappa shape index (κ1) is 31.2. The molecule has 1 saturated carbocycles. The number of carboxylic acid groups (broad SMARTS) is 1. The average Bonchev–Trinajstić information content (AvgIpc) is 3.72. The molecule has 0 unspecified atom stereocenters. The average molecular weight is 588 g/mol. The summed E-state index contributed by atoms with van der Waals surface area (Å²) >= 11 is 0. The van der Waals surface area contributed by atoms with Gasteiger partial charge in [0.25, 0.3) is 10.0 Å². The van der Waals surface area contributed by atoms with Crippen LogP contribution in [-0.4, -0.2) is 82.5 Å². The molecule has 4 rings (SSSR count). The number of hydrogen-bond acceptors (Lipinski definition) is 7. The molecule has 2 fully saturated rings. The Hall–Kier alpha value is -3.36. The van der Waals surface area contributed by atoms with Crippen molar-refractivity contribution in [1.29, 1.82) is 0 Å². The van der Waals surface area contributed by atoms with Crippen molar-refractivity contribution in [1.82, 2.24) is 10.2 Å². The number of ether oxygens (including phenoxy) is 2. The Bertz CT molecular complexity index is 1240. The van der Waals surface area contributed by atoms with Crippen LogP contribution in [0.5, 0.6) is 5.75 Å². The minimum Gasteiger partial charge on any atom is -0.494 e. The van der Waals surface area contributed by atoms with Gasteiger partial charge in [0.05, 0.1) is 30.1 Å². The van der Waals surface area contributed by atoms with Crippen LogP contribution in [0.25, 0.3) is 0 Å². The second-order valence-electron chi connectivity index (χ2n) is 9.18. The van der Waals surface area contributed by atoms with Gasteiger partial charge in [0.2, 0.25) is 5.91 Å². The molecule has 3 N–H and O–H groups in total. The summed E-state index contributed by atoms with van der Waals surface area (Å²) in [6.07, 6.45) is -3.48. The summed E-state index contributed by atoms with van der Waals surface area (Å²) in [4.78, 5) is 24.2. The van der Waals surface area contributed by atoms with Crippen molar-refractivity contribution in [3.63, 3.8) is 0 Å². The SMILES string of the molecule is CCOc1ccc(S(=O)(=O)Nc2ccc(C3(C(=O)NCCN4CCOCC4)CC3)cc2)cc1.O=C(O)C(F)(F)F. The number of alkyl halides is 3.